The minimum atomic E-state index is -0.750. The van der Waals surface area contributed by atoms with E-state index in [0.717, 1.165) is 13.0 Å². The van der Waals surface area contributed by atoms with E-state index >= 15 is 0 Å². The number of hydrogen-bond donors (Lipinski definition) is 9. The van der Waals surface area contributed by atoms with E-state index < -0.39 is 19.7 Å². The molecule has 0 aliphatic carbocycles. The molecular formula is C14H36O10Y4. The van der Waals surface area contributed by atoms with Crippen molar-refractivity contribution in [1.29, 1.82) is 0 Å². The average molecular weight is 720 g/mol. The molecule has 1 rings (SSSR count). The van der Waals surface area contributed by atoms with E-state index in [1.165, 1.54) is 0 Å². The molecule has 1 aliphatic rings. The first-order valence-electron chi connectivity index (χ1n) is 7.65. The third-order valence-electron chi connectivity index (χ3n) is 2.01. The van der Waals surface area contributed by atoms with Crippen LogP contribution in [0.3, 0.4) is 0 Å². The molecule has 164 valence electrons. The van der Waals surface area contributed by atoms with Crippen LogP contribution in [0.2, 0.25) is 0 Å². The van der Waals surface area contributed by atoms with Gasteiger partial charge in [-0.3, -0.25) is 0 Å². The first-order chi connectivity index (χ1) is 11.5. The van der Waals surface area contributed by atoms with Crippen molar-refractivity contribution in [1.82, 2.24) is 0 Å². The van der Waals surface area contributed by atoms with Crippen LogP contribution in [0.15, 0.2) is 0 Å². The maximum absolute atomic E-state index is 8.91. The Morgan fingerprint density at radius 3 is 1.29 bits per heavy atom. The molecule has 0 amide bonds. The van der Waals surface area contributed by atoms with Crippen LogP contribution in [-0.4, -0.2) is 105 Å². The summed E-state index contributed by atoms with van der Waals surface area (Å²) in [6.45, 7) is 1.69. The van der Waals surface area contributed by atoms with Gasteiger partial charge in [-0.2, -0.15) is 0 Å². The molecule has 0 aromatic carbocycles. The zero-order chi connectivity index (χ0) is 19.6. The second-order valence-corrected chi connectivity index (χ2v) is 4.10. The molecule has 9 N–H and O–H groups in total. The summed E-state index contributed by atoms with van der Waals surface area (Å²) in [5.41, 5.74) is 0. The van der Waals surface area contributed by atoms with Crippen LogP contribution in [0, 0.1) is 0 Å². The molecule has 0 saturated carbocycles. The van der Waals surface area contributed by atoms with Crippen molar-refractivity contribution in [3.8, 4) is 0 Å². The molecule has 14 heteroatoms. The minimum Gasteiger partial charge on any atom is -0.397 e. The van der Waals surface area contributed by atoms with Crippen LogP contribution >= 0.6 is 0 Å². The van der Waals surface area contributed by atoms with E-state index in [1.54, 1.807) is 6.92 Å². The topological polar surface area (TPSA) is 195 Å². The maximum Gasteiger partial charge on any atom is 0.140 e. The third-order valence-corrected chi connectivity index (χ3v) is 2.01. The zero-order valence-electron chi connectivity index (χ0n) is 16.7. The van der Waals surface area contributed by atoms with Crippen LogP contribution in [0.1, 0.15) is 32.6 Å². The number of rotatable bonds is 7. The Morgan fingerprint density at radius 1 is 0.750 bits per heavy atom. The summed E-state index contributed by atoms with van der Waals surface area (Å²) < 4.78 is 4.79. The summed E-state index contributed by atoms with van der Waals surface area (Å²) in [7, 11) is 0. The number of aliphatic hydroxyl groups excluding tert-OH is 7. The van der Waals surface area contributed by atoms with Crippen LogP contribution in [0.5, 0.6) is 0 Å². The number of epoxide rings is 1. The summed E-state index contributed by atoms with van der Waals surface area (Å²) in [5, 5.41) is 69.8. The van der Waals surface area contributed by atoms with Gasteiger partial charge in [-0.05, 0) is 32.6 Å². The Morgan fingerprint density at radius 2 is 1.11 bits per heavy atom. The summed E-state index contributed by atoms with van der Waals surface area (Å²) in [6.07, 6.45) is 2.38. The fraction of sp³-hybridized carbons (Fsp3) is 1.00. The Labute approximate surface area is 268 Å². The summed E-state index contributed by atoms with van der Waals surface area (Å²) in [5.74, 6) is 0. The molecule has 2 unspecified atom stereocenters. The maximum atomic E-state index is 8.91. The largest absolute Gasteiger partial charge is 0.397 e. The van der Waals surface area contributed by atoms with E-state index in [0.29, 0.717) is 25.4 Å². The first kappa shape index (κ1) is 53.4. The molecule has 28 heavy (non-hydrogen) atoms. The summed E-state index contributed by atoms with van der Waals surface area (Å²) >= 11 is 0. The Balaban J connectivity index is -0.0000000311. The molecule has 10 nitrogen and oxygen atoms in total. The molecular weight excluding hydrogens is 684 g/mol. The van der Waals surface area contributed by atoms with Gasteiger partial charge in [-0.1, -0.05) is 0 Å². The van der Waals surface area contributed by atoms with Crippen LogP contribution in [0.4, 0.5) is 0 Å². The van der Waals surface area contributed by atoms with E-state index in [4.69, 9.17) is 50.7 Å². The summed E-state index contributed by atoms with van der Waals surface area (Å²) in [4.78, 5) is 0. The molecule has 4 radical (unpaired) electrons. The van der Waals surface area contributed by atoms with Gasteiger partial charge in [0, 0.05) is 157 Å². The van der Waals surface area contributed by atoms with Gasteiger partial charge in [0.2, 0.25) is 0 Å². The van der Waals surface area contributed by atoms with Gasteiger partial charge in [0.25, 0.3) is 0 Å². The van der Waals surface area contributed by atoms with E-state index in [1.807, 2.05) is 0 Å². The minimum absolute atomic E-state index is 0. The fourth-order valence-corrected chi connectivity index (χ4v) is 0.999. The molecule has 0 aromatic rings. The van der Waals surface area contributed by atoms with Gasteiger partial charge in [0.1, 0.15) is 13.6 Å². The van der Waals surface area contributed by atoms with Gasteiger partial charge < -0.3 is 50.7 Å². The van der Waals surface area contributed by atoms with Crippen molar-refractivity contribution < 1.29 is 182 Å². The Bertz CT molecular complexity index is 181. The standard InChI is InChI=1S/C6H14O3.C4H8O2.C2H6O.2CH4O2.4Y/c7-4-1-2-6(9)3-5-8;5-2-1-4-3-6-4;1-2-3;2*2-1-3;;;;/h6-9H,1-5H2;4-5H,1-3H2;3H,2H2,1H3;2*2-3H,1H2;;;;. The molecule has 0 aromatic heterocycles. The molecule has 1 heterocycles. The SMILES string of the molecule is CCO.OCCC1CO1.OCCCC(O)CCO.OCO.OCO.[Y].[Y].[Y].[Y]. The van der Waals surface area contributed by atoms with Crippen molar-refractivity contribution in [2.45, 2.75) is 44.8 Å². The van der Waals surface area contributed by atoms with Crippen molar-refractivity contribution in [3.05, 3.63) is 0 Å². The molecule has 1 saturated heterocycles. The van der Waals surface area contributed by atoms with E-state index in [-0.39, 0.29) is 157 Å². The number of aliphatic hydroxyl groups is 9. The van der Waals surface area contributed by atoms with E-state index in [9.17, 15) is 0 Å². The molecule has 0 bridgehead atoms. The predicted molar refractivity (Wildman–Crippen MR) is 86.8 cm³/mol. The number of ether oxygens (including phenoxy) is 1. The van der Waals surface area contributed by atoms with Crippen molar-refractivity contribution in [2.75, 3.05) is 46.6 Å². The van der Waals surface area contributed by atoms with Gasteiger partial charge >= 0.3 is 0 Å². The second-order valence-electron chi connectivity index (χ2n) is 4.10. The zero-order valence-corrected chi connectivity index (χ0v) is 28.0. The number of hydrogen-bond acceptors (Lipinski definition) is 10. The van der Waals surface area contributed by atoms with Crippen molar-refractivity contribution >= 4 is 0 Å². The normalized spacial score (nSPS) is 12.9. The van der Waals surface area contributed by atoms with Gasteiger partial charge in [0.15, 0.2) is 0 Å². The molecule has 1 aliphatic heterocycles. The molecule has 0 spiro atoms. The Hall–Kier alpha value is 4.02. The molecule has 2 atom stereocenters. The van der Waals surface area contributed by atoms with Gasteiger partial charge in [-0.25, -0.2) is 0 Å². The second kappa shape index (κ2) is 57.7. The van der Waals surface area contributed by atoms with Crippen LogP contribution in [0.25, 0.3) is 0 Å². The smallest absolute Gasteiger partial charge is 0.140 e. The van der Waals surface area contributed by atoms with Gasteiger partial charge in [0.05, 0.1) is 18.8 Å². The average Bonchev–Trinajstić information content (AvgIpc) is 3.33. The summed E-state index contributed by atoms with van der Waals surface area (Å²) in [6, 6.07) is 0. The van der Waals surface area contributed by atoms with Crippen molar-refractivity contribution in [2.24, 2.45) is 0 Å². The monoisotopic (exact) mass is 720 g/mol. The Kier molecular flexibility index (Phi) is 110. The van der Waals surface area contributed by atoms with E-state index in [2.05, 4.69) is 0 Å². The van der Waals surface area contributed by atoms with Crippen molar-refractivity contribution in [3.63, 3.8) is 0 Å². The quantitative estimate of drug-likeness (QED) is 0.0975. The molecule has 1 fully saturated rings. The third kappa shape index (κ3) is 87.3. The predicted octanol–water partition coefficient (Wildman–Crippen LogP) is -2.88. The van der Waals surface area contributed by atoms with Crippen LogP contribution < -0.4 is 0 Å². The van der Waals surface area contributed by atoms with Gasteiger partial charge in [-0.15, -0.1) is 0 Å². The first-order valence-corrected chi connectivity index (χ1v) is 7.65. The van der Waals surface area contributed by atoms with Crippen LogP contribution in [-0.2, 0) is 136 Å². The fourth-order valence-electron chi connectivity index (χ4n) is 0.999.